The van der Waals surface area contributed by atoms with Crippen molar-refractivity contribution in [1.82, 2.24) is 42.5 Å². The van der Waals surface area contributed by atoms with Gasteiger partial charge in [0.15, 0.2) is 0 Å². The third kappa shape index (κ3) is 21.3. The fourth-order valence-electron chi connectivity index (χ4n) is 5.72. The van der Waals surface area contributed by atoms with Gasteiger partial charge in [0, 0.05) is 24.3 Å². The van der Waals surface area contributed by atoms with Crippen LogP contribution < -0.4 is 59.7 Å². The number of carbonyl (C=O) groups excluding carboxylic acids is 10. The maximum absolute atomic E-state index is 13.8. The Hall–Kier alpha value is -6.23. The number of benzene rings is 1. The average Bonchev–Trinajstić information content (AvgIpc) is 3.26. The molecule has 0 saturated heterocycles. The van der Waals surface area contributed by atoms with Gasteiger partial charge < -0.3 is 80.2 Å². The number of carboxylic acid groups (broad SMARTS) is 1. The van der Waals surface area contributed by atoms with Crippen molar-refractivity contribution < 1.29 is 73.2 Å². The standard InChI is InChI=1S/C39H61N11O15S2/c1-17(2)10-23(35(60)50-28(16-67)39(64)65)46-38(63)27(14-52)49-36(61)25(12-30(42)55)45-31(56)18(3)43-34(59)24(11-19-4-6-20(53)7-5-19)47-33(58)22(8-9-29(41)54)44-37(62)26(13-51)48-32(57)21(40)15-66/h4-7,17-18,21-28,51-53,66-67H,8-16,40H2,1-3H3,(H2,41,54)(H2,42,55)(H,43,59)(H,44,62)(H,45,56)(H,46,63)(H,47,58)(H,48,57)(H,49,61)(H,50,60)(H,64,65)/t18-,21-,22-,23-,24-,25-,26-,27-,28-/m0/s1. The molecule has 26 nitrogen and oxygen atoms in total. The van der Waals surface area contributed by atoms with E-state index < -0.39 is 152 Å². The number of nitrogens with one attached hydrogen (secondary N) is 8. The van der Waals surface area contributed by atoms with Crippen LogP contribution in [0, 0.1) is 5.92 Å². The number of rotatable bonds is 30. The van der Waals surface area contributed by atoms with Crippen LogP contribution in [0.1, 0.15) is 52.0 Å². The first-order valence-electron chi connectivity index (χ1n) is 20.6. The number of hydrogen-bond donors (Lipinski definition) is 17. The molecule has 9 atom stereocenters. The summed E-state index contributed by atoms with van der Waals surface area (Å²) in [5.74, 6) is -12.5. The molecule has 0 aliphatic heterocycles. The second-order valence-electron chi connectivity index (χ2n) is 15.5. The summed E-state index contributed by atoms with van der Waals surface area (Å²) in [6.45, 7) is 2.55. The van der Waals surface area contributed by atoms with Crippen molar-refractivity contribution in [3.05, 3.63) is 29.8 Å². The van der Waals surface area contributed by atoms with E-state index in [2.05, 4.69) is 67.8 Å². The number of aliphatic carboxylic acids is 1. The molecule has 0 aliphatic carbocycles. The number of carboxylic acids is 1. The number of carbonyl (C=O) groups is 11. The molecule has 0 spiro atoms. The molecule has 0 saturated carbocycles. The molecular weight excluding hydrogens is 927 g/mol. The Morgan fingerprint density at radius 2 is 0.985 bits per heavy atom. The van der Waals surface area contributed by atoms with Crippen molar-refractivity contribution in [3.8, 4) is 5.75 Å². The Kier molecular flexibility index (Phi) is 25.8. The van der Waals surface area contributed by atoms with Crippen molar-refractivity contribution in [2.45, 2.75) is 107 Å². The fourth-order valence-corrected chi connectivity index (χ4v) is 6.13. The van der Waals surface area contributed by atoms with Crippen LogP contribution in [-0.2, 0) is 59.2 Å². The fraction of sp³-hybridized carbons (Fsp3) is 0.564. The first-order valence-corrected chi connectivity index (χ1v) is 21.8. The predicted octanol–water partition coefficient (Wildman–Crippen LogP) is -6.72. The Labute approximate surface area is 395 Å². The minimum atomic E-state index is -1.82. The van der Waals surface area contributed by atoms with Crippen molar-refractivity contribution in [2.75, 3.05) is 24.7 Å². The maximum atomic E-state index is 13.8. The molecule has 0 unspecified atom stereocenters. The van der Waals surface area contributed by atoms with E-state index in [0.717, 1.165) is 6.92 Å². The highest BCUT2D eigenvalue weighted by Gasteiger charge is 2.35. The topological polar surface area (TPSA) is 443 Å². The number of aliphatic hydroxyl groups excluding tert-OH is 2. The Balaban J connectivity index is 3.34. The number of aromatic hydroxyl groups is 1. The second kappa shape index (κ2) is 29.4. The largest absolute Gasteiger partial charge is 0.508 e. The molecule has 0 aliphatic rings. The molecule has 1 aromatic carbocycles. The zero-order valence-electron chi connectivity index (χ0n) is 36.9. The lowest BCUT2D eigenvalue weighted by Gasteiger charge is -2.27. The van der Waals surface area contributed by atoms with Gasteiger partial charge in [-0.15, -0.1) is 0 Å². The summed E-state index contributed by atoms with van der Waals surface area (Å²) in [7, 11) is 0. The molecular formula is C39H61N11O15S2. The van der Waals surface area contributed by atoms with Crippen LogP contribution in [0.15, 0.2) is 24.3 Å². The van der Waals surface area contributed by atoms with Crippen LogP contribution in [0.2, 0.25) is 0 Å². The molecule has 28 heteroatoms. The van der Waals surface area contributed by atoms with E-state index in [1.54, 1.807) is 13.8 Å². The monoisotopic (exact) mass is 987 g/mol. The third-order valence-electron chi connectivity index (χ3n) is 9.41. The SMILES string of the molecule is CC(C)C[C@H](NC(=O)[C@H](CO)NC(=O)[C@H](CC(N)=O)NC(=O)[C@H](C)NC(=O)[C@H](Cc1ccc(O)cc1)NC(=O)[C@H](CCC(N)=O)NC(=O)[C@H](CO)NC(=O)[C@@H](N)CS)C(=O)N[C@@H](CS)C(=O)O. The van der Waals surface area contributed by atoms with Gasteiger partial charge in [0.25, 0.3) is 0 Å². The molecule has 374 valence electrons. The van der Waals surface area contributed by atoms with Gasteiger partial charge in [-0.2, -0.15) is 25.3 Å². The number of phenolic OH excluding ortho intramolecular Hbond substituents is 1. The van der Waals surface area contributed by atoms with Crippen LogP contribution in [0.5, 0.6) is 5.75 Å². The Morgan fingerprint density at radius 1 is 0.552 bits per heavy atom. The molecule has 0 aromatic heterocycles. The predicted molar refractivity (Wildman–Crippen MR) is 242 cm³/mol. The maximum Gasteiger partial charge on any atom is 0.327 e. The number of amides is 10. The van der Waals surface area contributed by atoms with Crippen molar-refractivity contribution in [2.24, 2.45) is 23.1 Å². The summed E-state index contributed by atoms with van der Waals surface area (Å²) >= 11 is 7.80. The van der Waals surface area contributed by atoms with E-state index in [1.165, 1.54) is 24.3 Å². The van der Waals surface area contributed by atoms with Crippen molar-refractivity contribution in [3.63, 3.8) is 0 Å². The van der Waals surface area contributed by atoms with E-state index in [4.69, 9.17) is 17.2 Å². The van der Waals surface area contributed by atoms with E-state index in [9.17, 15) is 73.2 Å². The summed E-state index contributed by atoms with van der Waals surface area (Å²) in [6, 6.07) is -8.54. The van der Waals surface area contributed by atoms with Crippen LogP contribution in [-0.4, -0.2) is 165 Å². The lowest BCUT2D eigenvalue weighted by atomic mass is 10.0. The molecule has 10 amide bonds. The Morgan fingerprint density at radius 3 is 1.46 bits per heavy atom. The molecule has 0 heterocycles. The summed E-state index contributed by atoms with van der Waals surface area (Å²) in [5.41, 5.74) is 16.6. The highest BCUT2D eigenvalue weighted by atomic mass is 32.1. The molecule has 0 radical (unpaired) electrons. The second-order valence-corrected chi connectivity index (χ2v) is 16.2. The average molecular weight is 988 g/mol. The number of hydrogen-bond acceptors (Lipinski definition) is 17. The van der Waals surface area contributed by atoms with Crippen LogP contribution in [0.4, 0.5) is 0 Å². The number of primary amides is 2. The smallest absolute Gasteiger partial charge is 0.327 e. The molecule has 1 rings (SSSR count). The zero-order chi connectivity index (χ0) is 51.1. The summed E-state index contributed by atoms with van der Waals surface area (Å²) < 4.78 is 0. The van der Waals surface area contributed by atoms with Crippen molar-refractivity contribution >= 4 is 90.3 Å². The number of thiol groups is 2. The highest BCUT2D eigenvalue weighted by Crippen LogP contribution is 2.13. The first kappa shape index (κ1) is 58.8. The lowest BCUT2D eigenvalue weighted by molar-refractivity contribution is -0.141. The van der Waals surface area contributed by atoms with Crippen molar-refractivity contribution in [1.29, 1.82) is 0 Å². The van der Waals surface area contributed by atoms with Crippen LogP contribution in [0.25, 0.3) is 0 Å². The lowest BCUT2D eigenvalue weighted by Crippen LogP contribution is -2.61. The van der Waals surface area contributed by atoms with Gasteiger partial charge in [0.1, 0.15) is 54.1 Å². The van der Waals surface area contributed by atoms with Gasteiger partial charge in [-0.1, -0.05) is 26.0 Å². The summed E-state index contributed by atoms with van der Waals surface area (Å²) in [6.07, 6.45) is -2.07. The number of phenols is 1. The molecule has 0 fully saturated rings. The summed E-state index contributed by atoms with van der Waals surface area (Å²) in [4.78, 5) is 141. The normalized spacial score (nSPS) is 15.0. The van der Waals surface area contributed by atoms with E-state index >= 15 is 0 Å². The van der Waals surface area contributed by atoms with E-state index in [-0.39, 0.29) is 36.0 Å². The van der Waals surface area contributed by atoms with Gasteiger partial charge in [-0.3, -0.25) is 47.9 Å². The van der Waals surface area contributed by atoms with Gasteiger partial charge in [-0.05, 0) is 43.4 Å². The number of aliphatic hydroxyl groups is 2. The van der Waals surface area contributed by atoms with Crippen LogP contribution in [0.3, 0.4) is 0 Å². The van der Waals surface area contributed by atoms with Crippen LogP contribution >= 0.6 is 25.3 Å². The molecule has 1 aromatic rings. The quantitative estimate of drug-likeness (QED) is 0.0319. The van der Waals surface area contributed by atoms with E-state index in [0.29, 0.717) is 5.56 Å². The van der Waals surface area contributed by atoms with Gasteiger partial charge in [0.2, 0.25) is 59.1 Å². The van der Waals surface area contributed by atoms with Gasteiger partial charge in [-0.25, -0.2) is 4.79 Å². The minimum Gasteiger partial charge on any atom is -0.508 e. The molecule has 18 N–H and O–H groups in total. The van der Waals surface area contributed by atoms with Gasteiger partial charge >= 0.3 is 5.97 Å². The summed E-state index contributed by atoms with van der Waals surface area (Å²) in [5, 5.41) is 57.1. The first-order chi connectivity index (χ1) is 31.4. The van der Waals surface area contributed by atoms with Gasteiger partial charge in [0.05, 0.1) is 25.7 Å². The molecule has 67 heavy (non-hydrogen) atoms. The number of nitrogens with two attached hydrogens (primary N) is 3. The van der Waals surface area contributed by atoms with E-state index in [1.807, 2.05) is 0 Å². The highest BCUT2D eigenvalue weighted by molar-refractivity contribution is 7.80. The minimum absolute atomic E-state index is 0.00242. The third-order valence-corrected chi connectivity index (χ3v) is 10.2. The Bertz CT molecular complexity index is 1930. The molecule has 0 bridgehead atoms. The zero-order valence-corrected chi connectivity index (χ0v) is 38.6.